The second kappa shape index (κ2) is 5.99. The van der Waals surface area contributed by atoms with Crippen molar-refractivity contribution in [3.8, 4) is 11.5 Å². The van der Waals surface area contributed by atoms with E-state index in [-0.39, 0.29) is 4.90 Å². The lowest BCUT2D eigenvalue weighted by Gasteiger charge is -2.46. The Morgan fingerprint density at radius 2 is 1.89 bits per heavy atom. The maximum absolute atomic E-state index is 13.3. The Hall–Kier alpha value is -2.54. The van der Waals surface area contributed by atoms with Crippen LogP contribution in [0, 0.1) is 6.92 Å². The zero-order chi connectivity index (χ0) is 19.4. The summed E-state index contributed by atoms with van der Waals surface area (Å²) in [7, 11) is -2.33. The van der Waals surface area contributed by atoms with Crippen LogP contribution < -0.4 is 14.8 Å². The Labute approximate surface area is 158 Å². The Bertz CT molecular complexity index is 1020. The highest BCUT2D eigenvalue weighted by Gasteiger charge is 2.54. The molecule has 27 heavy (non-hydrogen) atoms. The second-order valence-electron chi connectivity index (χ2n) is 7.32. The largest absolute Gasteiger partial charge is 0.497 e. The number of amides is 1. The molecule has 142 valence electrons. The first-order chi connectivity index (χ1) is 12.7. The molecule has 2 heterocycles. The van der Waals surface area contributed by atoms with Crippen molar-refractivity contribution in [2.45, 2.75) is 42.1 Å². The summed E-state index contributed by atoms with van der Waals surface area (Å²) in [6.07, 6.45) is 0.370. The maximum Gasteiger partial charge on any atom is 0.242 e. The van der Waals surface area contributed by atoms with Crippen LogP contribution in [0.4, 0.5) is 0 Å². The molecule has 7 heteroatoms. The monoisotopic (exact) mass is 387 g/mol. The first kappa shape index (κ1) is 17.9. The molecule has 0 radical (unpaired) electrons. The zero-order valence-electron chi connectivity index (χ0n) is 15.4. The molecule has 2 bridgehead atoms. The van der Waals surface area contributed by atoms with Gasteiger partial charge in [0.15, 0.2) is 20.8 Å². The molecule has 6 nitrogen and oxygen atoms in total. The van der Waals surface area contributed by atoms with Crippen LogP contribution in [0.5, 0.6) is 11.5 Å². The normalized spacial score (nSPS) is 26.6. The van der Waals surface area contributed by atoms with Crippen molar-refractivity contribution in [1.29, 1.82) is 0 Å². The van der Waals surface area contributed by atoms with Gasteiger partial charge >= 0.3 is 0 Å². The van der Waals surface area contributed by atoms with E-state index in [1.54, 1.807) is 56.5 Å². The second-order valence-corrected chi connectivity index (χ2v) is 9.38. The van der Waals surface area contributed by atoms with E-state index in [1.807, 2.05) is 6.92 Å². The Morgan fingerprint density at radius 3 is 2.56 bits per heavy atom. The molecule has 4 rings (SSSR count). The van der Waals surface area contributed by atoms with Crippen LogP contribution in [0.25, 0.3) is 0 Å². The average Bonchev–Trinajstić information content (AvgIpc) is 2.60. The molecular formula is C20H21NO5S. The molecule has 2 aromatic carbocycles. The van der Waals surface area contributed by atoms with E-state index in [0.29, 0.717) is 23.5 Å². The summed E-state index contributed by atoms with van der Waals surface area (Å²) in [5.41, 5.74) is 0.709. The Kier molecular flexibility index (Phi) is 3.96. The maximum atomic E-state index is 13.3. The van der Waals surface area contributed by atoms with Gasteiger partial charge in [-0.1, -0.05) is 17.7 Å². The number of sulfone groups is 1. The number of carbonyl (C=O) groups excluding carboxylic acids is 1. The molecule has 1 N–H and O–H groups in total. The predicted molar refractivity (Wildman–Crippen MR) is 99.7 cm³/mol. The average molecular weight is 387 g/mol. The topological polar surface area (TPSA) is 81.7 Å². The SMILES string of the molecule is COc1ccc2c(c1)[C@H]1C[C@](C)(NC(=O)C1S(=O)(=O)c1ccc(C)cc1)O2. The van der Waals surface area contributed by atoms with E-state index < -0.39 is 32.6 Å². The summed E-state index contributed by atoms with van der Waals surface area (Å²) in [6.45, 7) is 3.65. The lowest BCUT2D eigenvalue weighted by atomic mass is 9.81. The van der Waals surface area contributed by atoms with Crippen molar-refractivity contribution in [3.05, 3.63) is 53.6 Å². The van der Waals surface area contributed by atoms with Crippen LogP contribution >= 0.6 is 0 Å². The van der Waals surface area contributed by atoms with Gasteiger partial charge < -0.3 is 14.8 Å². The van der Waals surface area contributed by atoms with E-state index in [9.17, 15) is 13.2 Å². The highest BCUT2D eigenvalue weighted by Crippen LogP contribution is 2.48. The van der Waals surface area contributed by atoms with E-state index in [1.165, 1.54) is 0 Å². The Morgan fingerprint density at radius 1 is 1.19 bits per heavy atom. The minimum absolute atomic E-state index is 0.146. The van der Waals surface area contributed by atoms with Crippen molar-refractivity contribution in [3.63, 3.8) is 0 Å². The van der Waals surface area contributed by atoms with Crippen molar-refractivity contribution in [2.24, 2.45) is 0 Å². The summed E-state index contributed by atoms with van der Waals surface area (Å²) in [5.74, 6) is 0.105. The minimum Gasteiger partial charge on any atom is -0.497 e. The van der Waals surface area contributed by atoms with Gasteiger partial charge in [0.2, 0.25) is 5.91 Å². The van der Waals surface area contributed by atoms with E-state index in [2.05, 4.69) is 5.32 Å². The van der Waals surface area contributed by atoms with Crippen LogP contribution in [0.2, 0.25) is 0 Å². The third-order valence-corrected chi connectivity index (χ3v) is 7.40. The fourth-order valence-electron chi connectivity index (χ4n) is 3.94. The zero-order valence-corrected chi connectivity index (χ0v) is 16.2. The van der Waals surface area contributed by atoms with Crippen LogP contribution in [0.3, 0.4) is 0 Å². The van der Waals surface area contributed by atoms with Crippen molar-refractivity contribution >= 4 is 15.7 Å². The van der Waals surface area contributed by atoms with E-state index >= 15 is 0 Å². The predicted octanol–water partition coefficient (Wildman–Crippen LogP) is 2.56. The fraction of sp³-hybridized carbons (Fsp3) is 0.350. The smallest absolute Gasteiger partial charge is 0.242 e. The summed E-state index contributed by atoms with van der Waals surface area (Å²) < 4.78 is 37.9. The van der Waals surface area contributed by atoms with Gasteiger partial charge in [0.25, 0.3) is 0 Å². The van der Waals surface area contributed by atoms with Gasteiger partial charge in [-0.25, -0.2) is 8.42 Å². The van der Waals surface area contributed by atoms with Gasteiger partial charge in [0, 0.05) is 17.9 Å². The number of hydrogen-bond acceptors (Lipinski definition) is 5. The van der Waals surface area contributed by atoms with Gasteiger partial charge in [-0.3, -0.25) is 4.79 Å². The molecule has 2 aliphatic heterocycles. The highest BCUT2D eigenvalue weighted by atomic mass is 32.2. The standard InChI is InChI=1S/C20H21NO5S/c1-12-4-7-14(8-5-12)27(23,24)18-16-11-20(2,21-19(18)22)26-17-9-6-13(25-3)10-15(16)17/h4-10,16,18H,11H2,1-3H3,(H,21,22)/t16-,18?,20-/m1/s1. The number of carbonyl (C=O) groups is 1. The van der Waals surface area contributed by atoms with Gasteiger partial charge in [-0.05, 0) is 44.2 Å². The Balaban J connectivity index is 1.86. The quantitative estimate of drug-likeness (QED) is 0.875. The number of rotatable bonds is 3. The number of fused-ring (bicyclic) bond motifs is 4. The van der Waals surface area contributed by atoms with Crippen molar-refractivity contribution < 1.29 is 22.7 Å². The number of piperidine rings is 1. The number of methoxy groups -OCH3 is 1. The number of hydrogen-bond donors (Lipinski definition) is 1. The van der Waals surface area contributed by atoms with Gasteiger partial charge in [-0.15, -0.1) is 0 Å². The van der Waals surface area contributed by atoms with Crippen molar-refractivity contribution in [1.82, 2.24) is 5.32 Å². The number of benzene rings is 2. The molecule has 1 fully saturated rings. The fourth-order valence-corrected chi connectivity index (χ4v) is 5.77. The minimum atomic E-state index is -3.88. The molecule has 1 saturated heterocycles. The molecule has 1 unspecified atom stereocenters. The van der Waals surface area contributed by atoms with Gasteiger partial charge in [0.1, 0.15) is 11.5 Å². The van der Waals surface area contributed by atoms with Crippen LogP contribution in [0.15, 0.2) is 47.4 Å². The molecule has 2 aromatic rings. The first-order valence-corrected chi connectivity index (χ1v) is 10.3. The first-order valence-electron chi connectivity index (χ1n) is 8.73. The van der Waals surface area contributed by atoms with Crippen LogP contribution in [0.1, 0.15) is 30.4 Å². The number of ether oxygens (including phenoxy) is 2. The van der Waals surface area contributed by atoms with E-state index in [0.717, 1.165) is 5.56 Å². The summed E-state index contributed by atoms with van der Waals surface area (Å²) in [4.78, 5) is 13.0. The van der Waals surface area contributed by atoms with Crippen LogP contribution in [-0.4, -0.2) is 32.4 Å². The molecular weight excluding hydrogens is 366 g/mol. The molecule has 0 aliphatic carbocycles. The molecule has 2 aliphatic rings. The molecule has 3 atom stereocenters. The summed E-state index contributed by atoms with van der Waals surface area (Å²) >= 11 is 0. The number of nitrogens with one attached hydrogen (secondary N) is 1. The summed E-state index contributed by atoms with van der Waals surface area (Å²) in [5, 5.41) is 1.54. The third-order valence-electron chi connectivity index (χ3n) is 5.26. The lowest BCUT2D eigenvalue weighted by molar-refractivity contribution is -0.132. The lowest BCUT2D eigenvalue weighted by Crippen LogP contribution is -2.63. The molecule has 0 saturated carbocycles. The van der Waals surface area contributed by atoms with Crippen molar-refractivity contribution in [2.75, 3.05) is 7.11 Å². The van der Waals surface area contributed by atoms with Crippen LogP contribution in [-0.2, 0) is 14.6 Å². The van der Waals surface area contributed by atoms with E-state index in [4.69, 9.17) is 9.47 Å². The molecule has 0 aromatic heterocycles. The van der Waals surface area contributed by atoms with Gasteiger partial charge in [0.05, 0.1) is 12.0 Å². The molecule has 1 amide bonds. The molecule has 0 spiro atoms. The third kappa shape index (κ3) is 2.86. The highest BCUT2D eigenvalue weighted by molar-refractivity contribution is 7.92. The summed E-state index contributed by atoms with van der Waals surface area (Å²) in [6, 6.07) is 11.8. The van der Waals surface area contributed by atoms with Gasteiger partial charge in [-0.2, -0.15) is 0 Å². The number of aryl methyl sites for hydroxylation is 1.